The summed E-state index contributed by atoms with van der Waals surface area (Å²) in [5.41, 5.74) is 4.15. The number of rotatable bonds is 7. The van der Waals surface area contributed by atoms with Crippen LogP contribution in [0, 0.1) is 6.92 Å². The van der Waals surface area contributed by atoms with Gasteiger partial charge in [0.25, 0.3) is 0 Å². The van der Waals surface area contributed by atoms with Crippen LogP contribution in [0.25, 0.3) is 0 Å². The van der Waals surface area contributed by atoms with Crippen LogP contribution in [0.1, 0.15) is 37.3 Å². The van der Waals surface area contributed by atoms with Crippen LogP contribution in [-0.2, 0) is 6.54 Å². The molecule has 0 saturated carbocycles. The maximum absolute atomic E-state index is 3.49. The third kappa shape index (κ3) is 4.45. The molecule has 0 radical (unpaired) electrons. The van der Waals surface area contributed by atoms with Gasteiger partial charge in [0.15, 0.2) is 0 Å². The number of likely N-dealkylation sites (N-methyl/N-ethyl adjacent to an activating group) is 2. The number of nitrogens with one attached hydrogen (secondary N) is 1. The Bertz CT molecular complexity index is 444. The second-order valence-electron chi connectivity index (χ2n) is 6.44. The van der Waals surface area contributed by atoms with Crippen LogP contribution in [0.15, 0.2) is 18.2 Å². The number of nitrogens with zero attached hydrogens (tertiary/aromatic N) is 2. The smallest absolute Gasteiger partial charge is 0.0367 e. The van der Waals surface area contributed by atoms with Crippen molar-refractivity contribution in [2.45, 2.75) is 45.7 Å². The van der Waals surface area contributed by atoms with Crippen molar-refractivity contribution in [3.63, 3.8) is 0 Å². The van der Waals surface area contributed by atoms with Gasteiger partial charge in [0.2, 0.25) is 0 Å². The predicted molar refractivity (Wildman–Crippen MR) is 92.1 cm³/mol. The third-order valence-electron chi connectivity index (χ3n) is 4.67. The van der Waals surface area contributed by atoms with Crippen molar-refractivity contribution < 1.29 is 0 Å². The lowest BCUT2D eigenvalue weighted by Crippen LogP contribution is -2.36. The first-order valence-electron chi connectivity index (χ1n) is 8.33. The summed E-state index contributed by atoms with van der Waals surface area (Å²) in [6, 6.07) is 7.59. The number of aryl methyl sites for hydroxylation is 1. The minimum atomic E-state index is 0.709. The van der Waals surface area contributed by atoms with Gasteiger partial charge >= 0.3 is 0 Å². The number of hydrogen-bond acceptors (Lipinski definition) is 3. The van der Waals surface area contributed by atoms with Gasteiger partial charge in [-0.2, -0.15) is 0 Å². The van der Waals surface area contributed by atoms with Gasteiger partial charge < -0.3 is 15.1 Å². The Hall–Kier alpha value is -1.06. The van der Waals surface area contributed by atoms with Crippen LogP contribution in [0.2, 0.25) is 0 Å². The Balaban J connectivity index is 1.95. The molecule has 1 aliphatic heterocycles. The van der Waals surface area contributed by atoms with E-state index in [1.807, 2.05) is 0 Å². The first-order valence-corrected chi connectivity index (χ1v) is 8.33. The quantitative estimate of drug-likeness (QED) is 0.778. The molecule has 0 bridgehead atoms. The number of anilines is 1. The third-order valence-corrected chi connectivity index (χ3v) is 4.67. The van der Waals surface area contributed by atoms with E-state index in [1.54, 1.807) is 0 Å². The molecule has 3 heteroatoms. The zero-order valence-corrected chi connectivity index (χ0v) is 14.2. The van der Waals surface area contributed by atoms with Gasteiger partial charge in [-0.25, -0.2) is 0 Å². The Labute approximate surface area is 130 Å². The summed E-state index contributed by atoms with van der Waals surface area (Å²) >= 11 is 0. The summed E-state index contributed by atoms with van der Waals surface area (Å²) in [6.45, 7) is 8.88. The lowest BCUT2D eigenvalue weighted by Gasteiger charge is -2.28. The maximum atomic E-state index is 3.49. The molecule has 0 amide bonds. The minimum absolute atomic E-state index is 0.709. The highest BCUT2D eigenvalue weighted by Gasteiger charge is 2.22. The Morgan fingerprint density at radius 3 is 2.81 bits per heavy atom. The van der Waals surface area contributed by atoms with Gasteiger partial charge in [0.1, 0.15) is 0 Å². The minimum Gasteiger partial charge on any atom is -0.373 e. The van der Waals surface area contributed by atoms with Gasteiger partial charge in [-0.15, -0.1) is 0 Å². The summed E-state index contributed by atoms with van der Waals surface area (Å²) in [6.07, 6.45) is 3.86. The van der Waals surface area contributed by atoms with Crippen LogP contribution in [0.5, 0.6) is 0 Å². The Morgan fingerprint density at radius 1 is 1.38 bits per heavy atom. The van der Waals surface area contributed by atoms with E-state index in [-0.39, 0.29) is 0 Å². The molecule has 3 nitrogen and oxygen atoms in total. The van der Waals surface area contributed by atoms with Crippen LogP contribution in [0.3, 0.4) is 0 Å². The molecule has 0 aliphatic carbocycles. The van der Waals surface area contributed by atoms with Crippen molar-refractivity contribution in [1.82, 2.24) is 10.2 Å². The molecule has 21 heavy (non-hydrogen) atoms. The average Bonchev–Trinajstić information content (AvgIpc) is 2.86. The van der Waals surface area contributed by atoms with Crippen molar-refractivity contribution in [2.24, 2.45) is 0 Å². The van der Waals surface area contributed by atoms with Crippen molar-refractivity contribution in [3.8, 4) is 0 Å². The number of likely N-dealkylation sites (tertiary alicyclic amines) is 1. The van der Waals surface area contributed by atoms with Crippen molar-refractivity contribution >= 4 is 5.69 Å². The number of hydrogen-bond donors (Lipinski definition) is 1. The molecule has 1 atom stereocenters. The topological polar surface area (TPSA) is 18.5 Å². The molecular formula is C18H31N3. The van der Waals surface area contributed by atoms with E-state index in [2.05, 4.69) is 61.3 Å². The van der Waals surface area contributed by atoms with Crippen molar-refractivity contribution in [1.29, 1.82) is 0 Å². The molecule has 1 N–H and O–H groups in total. The van der Waals surface area contributed by atoms with Crippen molar-refractivity contribution in [2.75, 3.05) is 38.6 Å². The SMILES string of the molecule is CCCNCc1ccc(N(C)CC2CCCN2C)cc1C. The normalized spacial score (nSPS) is 19.1. The van der Waals surface area contributed by atoms with E-state index in [9.17, 15) is 0 Å². The highest BCUT2D eigenvalue weighted by Crippen LogP contribution is 2.21. The molecular weight excluding hydrogens is 258 g/mol. The van der Waals surface area contributed by atoms with Gasteiger partial charge in [-0.3, -0.25) is 0 Å². The highest BCUT2D eigenvalue weighted by molar-refractivity contribution is 5.50. The lowest BCUT2D eigenvalue weighted by molar-refractivity contribution is 0.314. The van der Waals surface area contributed by atoms with E-state index in [0.29, 0.717) is 6.04 Å². The summed E-state index contributed by atoms with van der Waals surface area (Å²) in [4.78, 5) is 4.90. The first kappa shape index (κ1) is 16.3. The van der Waals surface area contributed by atoms with Crippen LogP contribution >= 0.6 is 0 Å². The van der Waals surface area contributed by atoms with Crippen LogP contribution in [-0.4, -0.2) is 44.7 Å². The summed E-state index contributed by atoms with van der Waals surface area (Å²) in [7, 11) is 4.47. The number of benzene rings is 1. The highest BCUT2D eigenvalue weighted by atomic mass is 15.2. The molecule has 0 aromatic heterocycles. The van der Waals surface area contributed by atoms with E-state index < -0.39 is 0 Å². The summed E-state index contributed by atoms with van der Waals surface area (Å²) < 4.78 is 0. The van der Waals surface area contributed by atoms with E-state index in [0.717, 1.165) is 19.6 Å². The van der Waals surface area contributed by atoms with Gasteiger partial charge in [0.05, 0.1) is 0 Å². The standard InChI is InChI=1S/C18H31N3/c1-5-10-19-13-16-8-9-17(12-15(16)2)21(4)14-18-7-6-11-20(18)3/h8-9,12,18-19H,5-7,10-11,13-14H2,1-4H3. The molecule has 1 unspecified atom stereocenters. The molecule has 118 valence electrons. The monoisotopic (exact) mass is 289 g/mol. The molecule has 2 rings (SSSR count). The second-order valence-corrected chi connectivity index (χ2v) is 6.44. The van der Waals surface area contributed by atoms with Gasteiger partial charge in [-0.1, -0.05) is 13.0 Å². The summed E-state index contributed by atoms with van der Waals surface area (Å²) in [5, 5.41) is 3.49. The zero-order chi connectivity index (χ0) is 15.2. The van der Waals surface area contributed by atoms with Gasteiger partial charge in [0, 0.05) is 31.9 Å². The fraction of sp³-hybridized carbons (Fsp3) is 0.667. The molecule has 1 aromatic rings. The molecule has 0 spiro atoms. The first-order chi connectivity index (χ1) is 10.1. The van der Waals surface area contributed by atoms with E-state index in [4.69, 9.17) is 0 Å². The molecule has 1 aromatic carbocycles. The molecule has 1 saturated heterocycles. The van der Waals surface area contributed by atoms with E-state index in [1.165, 1.54) is 42.6 Å². The zero-order valence-electron chi connectivity index (χ0n) is 14.2. The predicted octanol–water partition coefficient (Wildman–Crippen LogP) is 3.03. The van der Waals surface area contributed by atoms with E-state index >= 15 is 0 Å². The maximum Gasteiger partial charge on any atom is 0.0367 e. The Morgan fingerprint density at radius 2 is 2.19 bits per heavy atom. The fourth-order valence-corrected chi connectivity index (χ4v) is 3.15. The largest absolute Gasteiger partial charge is 0.373 e. The van der Waals surface area contributed by atoms with Crippen molar-refractivity contribution in [3.05, 3.63) is 29.3 Å². The molecule has 1 heterocycles. The summed E-state index contributed by atoms with van der Waals surface area (Å²) in [5.74, 6) is 0. The molecule has 1 fully saturated rings. The Kier molecular flexibility index (Phi) is 6.07. The van der Waals surface area contributed by atoms with Gasteiger partial charge in [-0.05, 0) is 69.6 Å². The second kappa shape index (κ2) is 7.81. The lowest BCUT2D eigenvalue weighted by atomic mass is 10.1. The fourth-order valence-electron chi connectivity index (χ4n) is 3.15. The average molecular weight is 289 g/mol. The van der Waals surface area contributed by atoms with Crippen LogP contribution in [0.4, 0.5) is 5.69 Å². The molecule has 1 aliphatic rings. The van der Waals surface area contributed by atoms with Crippen LogP contribution < -0.4 is 10.2 Å².